The molecule has 0 spiro atoms. The molecule has 1 unspecified atom stereocenters. The second-order valence-corrected chi connectivity index (χ2v) is 5.70. The van der Waals surface area contributed by atoms with E-state index < -0.39 is 5.60 Å². The molecule has 0 aromatic rings. The molecule has 4 heteroatoms. The molecule has 1 atom stereocenters. The summed E-state index contributed by atoms with van der Waals surface area (Å²) in [5.41, 5.74) is -0.796. The SMILES string of the molecule is CCC#C/C=C1/C(=O)C=CC1(O)CCCCCCCC(=O)OC. The number of hydrogen-bond acceptors (Lipinski definition) is 4. The van der Waals surface area contributed by atoms with Crippen molar-refractivity contribution < 1.29 is 19.4 Å². The van der Waals surface area contributed by atoms with Gasteiger partial charge >= 0.3 is 5.97 Å². The van der Waals surface area contributed by atoms with E-state index in [1.807, 2.05) is 6.92 Å². The Labute approximate surface area is 138 Å². The van der Waals surface area contributed by atoms with Crippen LogP contribution in [-0.2, 0) is 14.3 Å². The van der Waals surface area contributed by atoms with Gasteiger partial charge in [0.15, 0.2) is 5.78 Å². The van der Waals surface area contributed by atoms with E-state index in [0.717, 1.165) is 38.5 Å². The molecule has 126 valence electrons. The Morgan fingerprint density at radius 1 is 1.30 bits per heavy atom. The second kappa shape index (κ2) is 10.0. The highest BCUT2D eigenvalue weighted by Gasteiger charge is 2.36. The Morgan fingerprint density at radius 2 is 2.00 bits per heavy atom. The van der Waals surface area contributed by atoms with Crippen molar-refractivity contribution in [1.82, 2.24) is 0 Å². The van der Waals surface area contributed by atoms with Crippen LogP contribution in [-0.4, -0.2) is 29.6 Å². The molecule has 0 saturated carbocycles. The lowest BCUT2D eigenvalue weighted by Crippen LogP contribution is -2.27. The highest BCUT2D eigenvalue weighted by Crippen LogP contribution is 2.31. The normalized spacial score (nSPS) is 21.3. The standard InChI is InChI=1S/C19H26O4/c1-3-4-8-11-16-17(20)13-15-19(16,22)14-10-7-5-6-9-12-18(21)23-2/h11,13,15,22H,3,5-7,9-10,12,14H2,1-2H3/b16-11-. The van der Waals surface area contributed by atoms with E-state index in [0.29, 0.717) is 18.4 Å². The van der Waals surface area contributed by atoms with Gasteiger partial charge in [-0.3, -0.25) is 9.59 Å². The van der Waals surface area contributed by atoms with Crippen LogP contribution in [0.5, 0.6) is 0 Å². The minimum absolute atomic E-state index is 0.156. The van der Waals surface area contributed by atoms with E-state index in [-0.39, 0.29) is 11.8 Å². The van der Waals surface area contributed by atoms with Gasteiger partial charge in [0.1, 0.15) is 5.60 Å². The monoisotopic (exact) mass is 318 g/mol. The Hall–Kier alpha value is -1.86. The number of ether oxygens (including phenoxy) is 1. The number of allylic oxidation sites excluding steroid dienone is 2. The molecule has 23 heavy (non-hydrogen) atoms. The van der Waals surface area contributed by atoms with E-state index >= 15 is 0 Å². The van der Waals surface area contributed by atoms with Gasteiger partial charge in [0.25, 0.3) is 0 Å². The van der Waals surface area contributed by atoms with Crippen molar-refractivity contribution in [2.24, 2.45) is 0 Å². The lowest BCUT2D eigenvalue weighted by Gasteiger charge is -2.21. The number of ketones is 1. The largest absolute Gasteiger partial charge is 0.469 e. The first-order valence-corrected chi connectivity index (χ1v) is 8.25. The van der Waals surface area contributed by atoms with Crippen molar-refractivity contribution in [3.63, 3.8) is 0 Å². The summed E-state index contributed by atoms with van der Waals surface area (Å²) < 4.78 is 4.59. The Balaban J connectivity index is 2.35. The number of carbonyl (C=O) groups excluding carboxylic acids is 2. The quantitative estimate of drug-likeness (QED) is 0.323. The molecule has 1 aliphatic rings. The number of hydrogen-bond donors (Lipinski definition) is 1. The molecule has 0 amide bonds. The Bertz CT molecular complexity index is 533. The molecule has 1 rings (SSSR count). The van der Waals surface area contributed by atoms with Gasteiger partial charge in [-0.15, -0.1) is 0 Å². The number of carbonyl (C=O) groups is 2. The molecule has 0 aliphatic heterocycles. The summed E-state index contributed by atoms with van der Waals surface area (Å²) >= 11 is 0. The average Bonchev–Trinajstić information content (AvgIpc) is 2.82. The van der Waals surface area contributed by atoms with E-state index in [1.54, 1.807) is 12.2 Å². The molecule has 0 bridgehead atoms. The Morgan fingerprint density at radius 3 is 2.70 bits per heavy atom. The zero-order valence-corrected chi connectivity index (χ0v) is 14.1. The van der Waals surface area contributed by atoms with Crippen molar-refractivity contribution >= 4 is 11.8 Å². The fraction of sp³-hybridized carbons (Fsp3) is 0.579. The maximum Gasteiger partial charge on any atom is 0.305 e. The van der Waals surface area contributed by atoms with Crippen LogP contribution >= 0.6 is 0 Å². The third-order valence-electron chi connectivity index (χ3n) is 3.90. The Kier molecular flexibility index (Phi) is 8.36. The van der Waals surface area contributed by atoms with Crippen molar-refractivity contribution in [3.05, 3.63) is 23.8 Å². The van der Waals surface area contributed by atoms with E-state index in [2.05, 4.69) is 16.6 Å². The first-order valence-electron chi connectivity index (χ1n) is 8.25. The number of aliphatic hydroxyl groups is 1. The maximum absolute atomic E-state index is 11.8. The molecular formula is C19H26O4. The van der Waals surface area contributed by atoms with Gasteiger partial charge in [-0.05, 0) is 37.5 Å². The second-order valence-electron chi connectivity index (χ2n) is 5.70. The minimum Gasteiger partial charge on any atom is -0.469 e. The lowest BCUT2D eigenvalue weighted by molar-refractivity contribution is -0.140. The average molecular weight is 318 g/mol. The molecule has 0 aromatic carbocycles. The van der Waals surface area contributed by atoms with Gasteiger partial charge in [-0.25, -0.2) is 0 Å². The molecule has 0 heterocycles. The summed E-state index contributed by atoms with van der Waals surface area (Å²) in [6, 6.07) is 0. The molecule has 0 aromatic heterocycles. The van der Waals surface area contributed by atoms with Crippen LogP contribution in [0.25, 0.3) is 0 Å². The van der Waals surface area contributed by atoms with Crippen LogP contribution in [0.4, 0.5) is 0 Å². The van der Waals surface area contributed by atoms with Gasteiger partial charge in [-0.2, -0.15) is 0 Å². The summed E-state index contributed by atoms with van der Waals surface area (Å²) in [7, 11) is 1.40. The number of unbranched alkanes of at least 4 members (excludes halogenated alkanes) is 4. The molecular weight excluding hydrogens is 292 g/mol. The molecule has 0 saturated heterocycles. The van der Waals surface area contributed by atoms with E-state index in [9.17, 15) is 14.7 Å². The van der Waals surface area contributed by atoms with Crippen LogP contribution in [0.3, 0.4) is 0 Å². The fourth-order valence-corrected chi connectivity index (χ4v) is 2.54. The van der Waals surface area contributed by atoms with Crippen LogP contribution in [0.1, 0.15) is 58.3 Å². The zero-order valence-electron chi connectivity index (χ0n) is 14.1. The van der Waals surface area contributed by atoms with Crippen molar-refractivity contribution in [3.8, 4) is 11.8 Å². The molecule has 1 aliphatic carbocycles. The van der Waals surface area contributed by atoms with Crippen LogP contribution in [0.15, 0.2) is 23.8 Å². The minimum atomic E-state index is -1.18. The van der Waals surface area contributed by atoms with Gasteiger partial charge in [-0.1, -0.05) is 38.0 Å². The highest BCUT2D eigenvalue weighted by molar-refractivity contribution is 6.09. The van der Waals surface area contributed by atoms with Crippen LogP contribution < -0.4 is 0 Å². The number of methoxy groups -OCH3 is 1. The molecule has 0 radical (unpaired) electrons. The predicted octanol–water partition coefficient (Wildman–Crippen LogP) is 3.10. The first kappa shape index (κ1) is 19.2. The smallest absolute Gasteiger partial charge is 0.305 e. The lowest BCUT2D eigenvalue weighted by atomic mass is 9.90. The van der Waals surface area contributed by atoms with Crippen molar-refractivity contribution in [1.29, 1.82) is 0 Å². The summed E-state index contributed by atoms with van der Waals surface area (Å²) in [4.78, 5) is 22.8. The predicted molar refractivity (Wildman–Crippen MR) is 89.6 cm³/mol. The third kappa shape index (κ3) is 6.42. The highest BCUT2D eigenvalue weighted by atomic mass is 16.5. The summed E-state index contributed by atoms with van der Waals surface area (Å²) in [5, 5.41) is 10.6. The summed E-state index contributed by atoms with van der Waals surface area (Å²) in [5.74, 6) is 5.38. The van der Waals surface area contributed by atoms with Gasteiger partial charge < -0.3 is 9.84 Å². The van der Waals surface area contributed by atoms with Crippen LogP contribution in [0.2, 0.25) is 0 Å². The number of rotatable bonds is 8. The summed E-state index contributed by atoms with van der Waals surface area (Å²) in [6.45, 7) is 1.94. The third-order valence-corrected chi connectivity index (χ3v) is 3.90. The number of esters is 1. The summed E-state index contributed by atoms with van der Waals surface area (Å²) in [6.07, 6.45) is 10.8. The fourth-order valence-electron chi connectivity index (χ4n) is 2.54. The maximum atomic E-state index is 11.8. The zero-order chi connectivity index (χ0) is 17.1. The molecule has 4 nitrogen and oxygen atoms in total. The van der Waals surface area contributed by atoms with Gasteiger partial charge in [0.2, 0.25) is 0 Å². The molecule has 1 N–H and O–H groups in total. The van der Waals surface area contributed by atoms with Gasteiger partial charge in [0.05, 0.1) is 7.11 Å². The van der Waals surface area contributed by atoms with Crippen LogP contribution in [0, 0.1) is 11.8 Å². The van der Waals surface area contributed by atoms with Crippen molar-refractivity contribution in [2.45, 2.75) is 63.9 Å². The van der Waals surface area contributed by atoms with Gasteiger partial charge in [0, 0.05) is 18.4 Å². The van der Waals surface area contributed by atoms with Crippen molar-refractivity contribution in [2.75, 3.05) is 7.11 Å². The molecule has 0 fully saturated rings. The van der Waals surface area contributed by atoms with E-state index in [4.69, 9.17) is 0 Å². The first-order chi connectivity index (χ1) is 11.0. The van der Waals surface area contributed by atoms with E-state index in [1.165, 1.54) is 13.2 Å². The topological polar surface area (TPSA) is 63.6 Å².